The van der Waals surface area contributed by atoms with Gasteiger partial charge in [-0.2, -0.15) is 0 Å². The van der Waals surface area contributed by atoms with Crippen molar-refractivity contribution < 1.29 is 4.79 Å². The topological polar surface area (TPSA) is 37.3 Å². The van der Waals surface area contributed by atoms with Gasteiger partial charge in [0.1, 0.15) is 0 Å². The summed E-state index contributed by atoms with van der Waals surface area (Å²) in [5, 5.41) is 4.88. The molecule has 4 bridgehead atoms. The van der Waals surface area contributed by atoms with Crippen molar-refractivity contribution in [2.75, 3.05) is 27.2 Å². The highest BCUT2D eigenvalue weighted by Gasteiger charge is 2.50. The van der Waals surface area contributed by atoms with E-state index < -0.39 is 0 Å². The average molecular weight is 414 g/mol. The summed E-state index contributed by atoms with van der Waals surface area (Å²) in [7, 11) is 4.13. The molecular formula is C24H32ClN3O. The number of hydrogen-bond donors (Lipinski definition) is 1. The number of fused-ring (bicyclic) bond motifs is 1. The third-order valence-corrected chi connectivity index (χ3v) is 7.99. The van der Waals surface area contributed by atoms with Crippen molar-refractivity contribution in [3.05, 3.63) is 35.0 Å². The van der Waals surface area contributed by atoms with Gasteiger partial charge in [-0.05, 0) is 87.9 Å². The summed E-state index contributed by atoms with van der Waals surface area (Å²) in [6.07, 6.45) is 10.2. The van der Waals surface area contributed by atoms with Gasteiger partial charge in [-0.25, -0.2) is 0 Å². The van der Waals surface area contributed by atoms with Crippen LogP contribution in [0.15, 0.2) is 24.4 Å². The Labute approximate surface area is 178 Å². The van der Waals surface area contributed by atoms with Crippen LogP contribution in [0.25, 0.3) is 10.9 Å². The van der Waals surface area contributed by atoms with Crippen molar-refractivity contribution in [3.63, 3.8) is 0 Å². The molecule has 29 heavy (non-hydrogen) atoms. The van der Waals surface area contributed by atoms with Crippen LogP contribution in [-0.4, -0.2) is 42.6 Å². The van der Waals surface area contributed by atoms with Crippen molar-refractivity contribution in [1.82, 2.24) is 14.8 Å². The second-order valence-corrected chi connectivity index (χ2v) is 10.7. The Bertz CT molecular complexity index is 896. The van der Waals surface area contributed by atoms with E-state index in [4.69, 9.17) is 11.6 Å². The second kappa shape index (κ2) is 7.31. The van der Waals surface area contributed by atoms with E-state index in [1.54, 1.807) is 0 Å². The van der Waals surface area contributed by atoms with Gasteiger partial charge in [0.05, 0.1) is 16.1 Å². The molecule has 4 nitrogen and oxygen atoms in total. The van der Waals surface area contributed by atoms with Gasteiger partial charge in [-0.3, -0.25) is 4.79 Å². The Morgan fingerprint density at radius 3 is 2.45 bits per heavy atom. The molecule has 4 saturated carbocycles. The lowest BCUT2D eigenvalue weighted by molar-refractivity contribution is -0.0503. The number of nitrogens with zero attached hydrogens (tertiary/aromatic N) is 2. The van der Waals surface area contributed by atoms with Crippen molar-refractivity contribution in [1.29, 1.82) is 0 Å². The summed E-state index contributed by atoms with van der Waals surface area (Å²) in [5.74, 6) is 2.74. The monoisotopic (exact) mass is 413 g/mol. The normalized spacial score (nSPS) is 30.4. The minimum Gasteiger partial charge on any atom is -0.351 e. The zero-order chi connectivity index (χ0) is 20.2. The first kappa shape index (κ1) is 19.4. The molecule has 6 rings (SSSR count). The maximum absolute atomic E-state index is 13.3. The summed E-state index contributed by atoms with van der Waals surface area (Å²) in [4.78, 5) is 15.4. The van der Waals surface area contributed by atoms with Crippen LogP contribution in [-0.2, 0) is 6.54 Å². The van der Waals surface area contributed by atoms with Crippen LogP contribution >= 0.6 is 11.6 Å². The van der Waals surface area contributed by atoms with Crippen molar-refractivity contribution in [2.24, 2.45) is 23.2 Å². The number of aromatic nitrogens is 1. The molecule has 156 valence electrons. The van der Waals surface area contributed by atoms with Crippen LogP contribution in [0, 0.1) is 23.2 Å². The minimum atomic E-state index is 0.0300. The number of amides is 1. The van der Waals surface area contributed by atoms with Gasteiger partial charge >= 0.3 is 0 Å². The Morgan fingerprint density at radius 2 is 1.83 bits per heavy atom. The molecule has 1 aromatic heterocycles. The third-order valence-electron chi connectivity index (χ3n) is 7.68. The van der Waals surface area contributed by atoms with Gasteiger partial charge in [-0.1, -0.05) is 17.7 Å². The maximum Gasteiger partial charge on any atom is 0.253 e. The van der Waals surface area contributed by atoms with Gasteiger partial charge < -0.3 is 14.8 Å². The van der Waals surface area contributed by atoms with E-state index in [1.165, 1.54) is 38.5 Å². The summed E-state index contributed by atoms with van der Waals surface area (Å²) in [5.41, 5.74) is 2.10. The molecule has 4 aliphatic carbocycles. The van der Waals surface area contributed by atoms with Crippen molar-refractivity contribution in [2.45, 2.75) is 45.1 Å². The first-order valence-electron chi connectivity index (χ1n) is 11.1. The minimum absolute atomic E-state index is 0.0300. The summed E-state index contributed by atoms with van der Waals surface area (Å²) < 4.78 is 2.17. The Hall–Kier alpha value is -1.52. The molecular weight excluding hydrogens is 382 g/mol. The number of carbonyl (C=O) groups excluding carboxylic acids is 1. The van der Waals surface area contributed by atoms with Crippen LogP contribution < -0.4 is 5.32 Å². The van der Waals surface area contributed by atoms with E-state index in [0.29, 0.717) is 16.0 Å². The standard InChI is InChI=1S/C24H32ClN3O/c1-27(2)6-7-28-14-19(22-20(25)4-3-5-21(22)28)23(29)26-15-24-11-16-8-17(12-24)10-18(9-16)13-24/h3-5,14,16-18H,6-13,15H2,1-2H3,(H,26,29). The first-order valence-corrected chi connectivity index (χ1v) is 11.5. The second-order valence-electron chi connectivity index (χ2n) is 10.3. The Balaban J connectivity index is 1.37. The van der Waals surface area contributed by atoms with Gasteiger partial charge in [0.15, 0.2) is 0 Å². The first-order chi connectivity index (χ1) is 13.9. The average Bonchev–Trinajstić information content (AvgIpc) is 3.04. The molecule has 0 spiro atoms. The van der Waals surface area contributed by atoms with Crippen molar-refractivity contribution in [3.8, 4) is 0 Å². The van der Waals surface area contributed by atoms with Gasteiger partial charge in [0, 0.05) is 31.2 Å². The number of hydrogen-bond acceptors (Lipinski definition) is 2. The highest BCUT2D eigenvalue weighted by Crippen LogP contribution is 2.59. The molecule has 0 atom stereocenters. The SMILES string of the molecule is CN(C)CCn1cc(C(=O)NCC23CC4CC(CC(C4)C2)C3)c2c(Cl)cccc21. The Morgan fingerprint density at radius 1 is 1.17 bits per heavy atom. The third kappa shape index (κ3) is 3.59. The number of benzene rings is 1. The number of carbonyl (C=O) groups is 1. The highest BCUT2D eigenvalue weighted by molar-refractivity contribution is 6.36. The molecule has 0 aliphatic heterocycles. The van der Waals surface area contributed by atoms with Crippen LogP contribution in [0.2, 0.25) is 5.02 Å². The number of likely N-dealkylation sites (N-methyl/N-ethyl adjacent to an activating group) is 1. The van der Waals surface area contributed by atoms with Gasteiger partial charge in [0.2, 0.25) is 0 Å². The lowest BCUT2D eigenvalue weighted by atomic mass is 9.49. The fourth-order valence-electron chi connectivity index (χ4n) is 6.84. The summed E-state index contributed by atoms with van der Waals surface area (Å²) >= 11 is 6.54. The lowest BCUT2D eigenvalue weighted by Gasteiger charge is -2.56. The number of rotatable bonds is 6. The van der Waals surface area contributed by atoms with Crippen LogP contribution in [0.3, 0.4) is 0 Å². The van der Waals surface area contributed by atoms with E-state index in [1.807, 2.05) is 18.3 Å². The molecule has 1 heterocycles. The highest BCUT2D eigenvalue weighted by atomic mass is 35.5. The van der Waals surface area contributed by atoms with E-state index >= 15 is 0 Å². The summed E-state index contributed by atoms with van der Waals surface area (Å²) in [6, 6.07) is 5.91. The van der Waals surface area contributed by atoms with E-state index in [0.717, 1.165) is 48.3 Å². The fourth-order valence-corrected chi connectivity index (χ4v) is 7.11. The van der Waals surface area contributed by atoms with Crippen LogP contribution in [0.5, 0.6) is 0 Å². The predicted molar refractivity (Wildman–Crippen MR) is 118 cm³/mol. The number of nitrogens with one attached hydrogen (secondary N) is 1. The molecule has 0 radical (unpaired) electrons. The molecule has 4 aliphatic rings. The molecule has 2 aromatic rings. The maximum atomic E-state index is 13.3. The molecule has 4 fully saturated rings. The quantitative estimate of drug-likeness (QED) is 0.738. The smallest absolute Gasteiger partial charge is 0.253 e. The van der Waals surface area contributed by atoms with Gasteiger partial charge in [-0.15, -0.1) is 0 Å². The predicted octanol–water partition coefficient (Wildman–Crippen LogP) is 4.80. The molecule has 1 N–H and O–H groups in total. The van der Waals surface area contributed by atoms with E-state index in [2.05, 4.69) is 34.9 Å². The van der Waals surface area contributed by atoms with Crippen LogP contribution in [0.1, 0.15) is 48.9 Å². The molecule has 0 unspecified atom stereocenters. The largest absolute Gasteiger partial charge is 0.351 e. The molecule has 0 saturated heterocycles. The Kier molecular flexibility index (Phi) is 4.90. The lowest BCUT2D eigenvalue weighted by Crippen LogP contribution is -2.51. The molecule has 5 heteroatoms. The molecule has 1 amide bonds. The van der Waals surface area contributed by atoms with E-state index in [9.17, 15) is 4.79 Å². The van der Waals surface area contributed by atoms with Gasteiger partial charge in [0.25, 0.3) is 5.91 Å². The zero-order valence-corrected chi connectivity index (χ0v) is 18.3. The van der Waals surface area contributed by atoms with Crippen molar-refractivity contribution >= 4 is 28.4 Å². The number of halogens is 1. The fraction of sp³-hybridized carbons (Fsp3) is 0.625. The van der Waals surface area contributed by atoms with E-state index in [-0.39, 0.29) is 5.91 Å². The summed E-state index contributed by atoms with van der Waals surface area (Å²) in [6.45, 7) is 2.58. The molecule has 1 aromatic carbocycles. The van der Waals surface area contributed by atoms with Crippen LogP contribution in [0.4, 0.5) is 0 Å². The zero-order valence-electron chi connectivity index (χ0n) is 17.6.